The molecule has 0 radical (unpaired) electrons. The molecule has 2 aliphatic rings. The molecule has 1 saturated carbocycles. The lowest BCUT2D eigenvalue weighted by atomic mass is 10.0. The maximum atomic E-state index is 5.47. The van der Waals surface area contributed by atoms with Gasteiger partial charge < -0.3 is 9.84 Å². The molecule has 2 unspecified atom stereocenters. The van der Waals surface area contributed by atoms with E-state index >= 15 is 0 Å². The van der Waals surface area contributed by atoms with E-state index in [1.54, 1.807) is 0 Å². The van der Waals surface area contributed by atoms with Crippen LogP contribution in [0.4, 0.5) is 0 Å². The minimum atomic E-state index is 0.672. The molecule has 3 rings (SSSR count). The predicted octanol–water partition coefficient (Wildman–Crippen LogP) is 2.65. The van der Waals surface area contributed by atoms with Gasteiger partial charge in [0.2, 0.25) is 0 Å². The fraction of sp³-hybridized carbons (Fsp3) is 0.812. The minimum Gasteiger partial charge on any atom is -0.360 e. The van der Waals surface area contributed by atoms with Gasteiger partial charge in [-0.05, 0) is 37.1 Å². The number of fused-ring (bicyclic) bond motifs is 1. The maximum absolute atomic E-state index is 5.47. The van der Waals surface area contributed by atoms with Crippen molar-refractivity contribution in [2.24, 2.45) is 17.8 Å². The first-order valence-corrected chi connectivity index (χ1v) is 8.08. The van der Waals surface area contributed by atoms with Crippen molar-refractivity contribution < 1.29 is 4.52 Å². The fourth-order valence-electron chi connectivity index (χ4n) is 3.68. The fourth-order valence-corrected chi connectivity index (χ4v) is 3.68. The van der Waals surface area contributed by atoms with E-state index in [1.807, 2.05) is 0 Å². The van der Waals surface area contributed by atoms with Crippen LogP contribution >= 0.6 is 0 Å². The number of rotatable bonds is 6. The van der Waals surface area contributed by atoms with Crippen molar-refractivity contribution in [1.29, 1.82) is 0 Å². The number of hydrogen-bond donors (Lipinski definition) is 1. The topological polar surface area (TPSA) is 41.3 Å². The Morgan fingerprint density at radius 3 is 2.80 bits per heavy atom. The lowest BCUT2D eigenvalue weighted by Crippen LogP contribution is -2.20. The Kier molecular flexibility index (Phi) is 4.41. The largest absolute Gasteiger partial charge is 0.360 e. The smallest absolute Gasteiger partial charge is 0.151 e. The van der Waals surface area contributed by atoms with Crippen LogP contribution in [-0.4, -0.2) is 29.7 Å². The maximum Gasteiger partial charge on any atom is 0.151 e. The molecule has 0 spiro atoms. The van der Waals surface area contributed by atoms with Gasteiger partial charge in [0.1, 0.15) is 0 Å². The second-order valence-electron chi connectivity index (χ2n) is 6.95. The van der Waals surface area contributed by atoms with Gasteiger partial charge in [0, 0.05) is 25.7 Å². The molecule has 2 fully saturated rings. The van der Waals surface area contributed by atoms with Crippen molar-refractivity contribution in [3.8, 4) is 0 Å². The van der Waals surface area contributed by atoms with Crippen LogP contribution in [-0.2, 0) is 13.1 Å². The van der Waals surface area contributed by atoms with Crippen LogP contribution in [0.25, 0.3) is 0 Å². The quantitative estimate of drug-likeness (QED) is 0.868. The highest BCUT2D eigenvalue weighted by atomic mass is 16.5. The average Bonchev–Trinajstić information content (AvgIpc) is 3.05. The van der Waals surface area contributed by atoms with Crippen molar-refractivity contribution in [2.45, 2.75) is 46.2 Å². The molecule has 1 aromatic heterocycles. The van der Waals surface area contributed by atoms with Crippen molar-refractivity contribution in [1.82, 2.24) is 15.4 Å². The molecule has 112 valence electrons. The highest BCUT2D eigenvalue weighted by Crippen LogP contribution is 2.38. The first kappa shape index (κ1) is 14.1. The standard InChI is InChI=1S/C16H27N3O/c1-12(2)7-17-8-15-6-16(20-18-15)11-19-9-13-4-3-5-14(13)10-19/h6,12-14,17H,3-5,7-11H2,1-2H3. The Hall–Kier alpha value is -0.870. The first-order chi connectivity index (χ1) is 9.70. The van der Waals surface area contributed by atoms with E-state index in [0.717, 1.165) is 42.9 Å². The van der Waals surface area contributed by atoms with Gasteiger partial charge in [0.25, 0.3) is 0 Å². The zero-order chi connectivity index (χ0) is 13.9. The summed E-state index contributed by atoms with van der Waals surface area (Å²) in [6.07, 6.45) is 4.31. The SMILES string of the molecule is CC(C)CNCc1cc(CN2CC3CCCC3C2)on1. The molecule has 0 amide bonds. The first-order valence-electron chi connectivity index (χ1n) is 8.08. The summed E-state index contributed by atoms with van der Waals surface area (Å²) in [5.74, 6) is 3.59. The highest BCUT2D eigenvalue weighted by Gasteiger charge is 2.36. The van der Waals surface area contributed by atoms with Crippen molar-refractivity contribution >= 4 is 0 Å². The number of nitrogens with one attached hydrogen (secondary N) is 1. The molecule has 1 aliphatic heterocycles. The van der Waals surface area contributed by atoms with Crippen LogP contribution in [0, 0.1) is 17.8 Å². The summed E-state index contributed by atoms with van der Waals surface area (Å²) in [5.41, 5.74) is 1.03. The molecule has 1 aliphatic carbocycles. The van der Waals surface area contributed by atoms with Crippen LogP contribution < -0.4 is 5.32 Å². The molecule has 1 N–H and O–H groups in total. The minimum absolute atomic E-state index is 0.672. The molecular formula is C16H27N3O. The second kappa shape index (κ2) is 6.27. The van der Waals surface area contributed by atoms with Gasteiger partial charge in [-0.15, -0.1) is 0 Å². The summed E-state index contributed by atoms with van der Waals surface area (Å²) in [7, 11) is 0. The Morgan fingerprint density at radius 2 is 2.10 bits per heavy atom. The van der Waals surface area contributed by atoms with Gasteiger partial charge in [-0.1, -0.05) is 25.4 Å². The molecule has 2 heterocycles. The van der Waals surface area contributed by atoms with Crippen molar-refractivity contribution in [3.05, 3.63) is 17.5 Å². The molecule has 2 atom stereocenters. The van der Waals surface area contributed by atoms with E-state index in [2.05, 4.69) is 35.3 Å². The van der Waals surface area contributed by atoms with Gasteiger partial charge in [-0.25, -0.2) is 0 Å². The predicted molar refractivity (Wildman–Crippen MR) is 79.2 cm³/mol. The second-order valence-corrected chi connectivity index (χ2v) is 6.95. The summed E-state index contributed by atoms with van der Waals surface area (Å²) < 4.78 is 5.47. The van der Waals surface area contributed by atoms with Crippen molar-refractivity contribution in [2.75, 3.05) is 19.6 Å². The molecule has 0 aromatic carbocycles. The number of nitrogens with zero attached hydrogens (tertiary/aromatic N) is 2. The van der Waals surface area contributed by atoms with Gasteiger partial charge in [0.15, 0.2) is 5.76 Å². The summed E-state index contributed by atoms with van der Waals surface area (Å²) in [5, 5.41) is 7.57. The molecule has 0 bridgehead atoms. The Balaban J connectivity index is 1.45. The summed E-state index contributed by atoms with van der Waals surface area (Å²) in [6, 6.07) is 2.11. The molecule has 1 saturated heterocycles. The van der Waals surface area contributed by atoms with E-state index in [0.29, 0.717) is 5.92 Å². The summed E-state index contributed by atoms with van der Waals surface area (Å²) in [4.78, 5) is 2.54. The summed E-state index contributed by atoms with van der Waals surface area (Å²) in [6.45, 7) is 9.71. The Bertz CT molecular complexity index is 417. The van der Waals surface area contributed by atoms with E-state index in [1.165, 1.54) is 32.4 Å². The van der Waals surface area contributed by atoms with Gasteiger partial charge in [-0.2, -0.15) is 0 Å². The van der Waals surface area contributed by atoms with Crippen LogP contribution in [0.15, 0.2) is 10.6 Å². The monoisotopic (exact) mass is 277 g/mol. The molecule has 20 heavy (non-hydrogen) atoms. The third-order valence-corrected chi connectivity index (χ3v) is 4.65. The van der Waals surface area contributed by atoms with E-state index in [9.17, 15) is 0 Å². The zero-order valence-corrected chi connectivity index (χ0v) is 12.8. The Labute approximate surface area is 121 Å². The van der Waals surface area contributed by atoms with Gasteiger partial charge >= 0.3 is 0 Å². The van der Waals surface area contributed by atoms with Gasteiger partial charge in [-0.3, -0.25) is 4.90 Å². The number of aromatic nitrogens is 1. The van der Waals surface area contributed by atoms with E-state index in [4.69, 9.17) is 4.52 Å². The van der Waals surface area contributed by atoms with Crippen LogP contribution in [0.1, 0.15) is 44.6 Å². The van der Waals surface area contributed by atoms with Crippen LogP contribution in [0.5, 0.6) is 0 Å². The molecule has 4 nitrogen and oxygen atoms in total. The van der Waals surface area contributed by atoms with Crippen molar-refractivity contribution in [3.63, 3.8) is 0 Å². The zero-order valence-electron chi connectivity index (χ0n) is 12.8. The third kappa shape index (κ3) is 3.41. The molecular weight excluding hydrogens is 250 g/mol. The third-order valence-electron chi connectivity index (χ3n) is 4.65. The Morgan fingerprint density at radius 1 is 1.35 bits per heavy atom. The van der Waals surface area contributed by atoms with E-state index < -0.39 is 0 Å². The van der Waals surface area contributed by atoms with Gasteiger partial charge in [0.05, 0.1) is 12.2 Å². The summed E-state index contributed by atoms with van der Waals surface area (Å²) >= 11 is 0. The van der Waals surface area contributed by atoms with E-state index in [-0.39, 0.29) is 0 Å². The normalized spacial score (nSPS) is 26.6. The van der Waals surface area contributed by atoms with Crippen LogP contribution in [0.2, 0.25) is 0 Å². The number of hydrogen-bond acceptors (Lipinski definition) is 4. The number of likely N-dealkylation sites (tertiary alicyclic amines) is 1. The average molecular weight is 277 g/mol. The lowest BCUT2D eigenvalue weighted by Gasteiger charge is -2.13. The highest BCUT2D eigenvalue weighted by molar-refractivity contribution is 5.06. The lowest BCUT2D eigenvalue weighted by molar-refractivity contribution is 0.257. The molecule has 1 aromatic rings. The van der Waals surface area contributed by atoms with Crippen LogP contribution in [0.3, 0.4) is 0 Å². The molecule has 4 heteroatoms.